The highest BCUT2D eigenvalue weighted by Crippen LogP contribution is 2.42. The fraction of sp³-hybridized carbons (Fsp3) is 0.133. The topological polar surface area (TPSA) is 99.9 Å². The number of benzene rings is 2. The first-order chi connectivity index (χ1) is 19.5. The Hall–Kier alpha value is -4.54. The Morgan fingerprint density at radius 2 is 1.98 bits per heavy atom. The van der Waals surface area contributed by atoms with Gasteiger partial charge in [0.25, 0.3) is 11.2 Å². The molecule has 8 nitrogen and oxygen atoms in total. The first kappa shape index (κ1) is 24.5. The summed E-state index contributed by atoms with van der Waals surface area (Å²) in [6.07, 6.45) is 3.49. The van der Waals surface area contributed by atoms with Crippen LogP contribution < -0.4 is 19.6 Å². The molecule has 1 aliphatic carbocycles. The number of ether oxygens (including phenoxy) is 1. The number of thiophene rings is 1. The van der Waals surface area contributed by atoms with Crippen molar-refractivity contribution in [1.82, 2.24) is 4.57 Å². The number of aromatic nitrogens is 1. The van der Waals surface area contributed by atoms with Gasteiger partial charge in [-0.25, -0.2) is 4.99 Å². The number of rotatable bonds is 5. The van der Waals surface area contributed by atoms with E-state index in [-0.39, 0.29) is 17.3 Å². The van der Waals surface area contributed by atoms with Crippen molar-refractivity contribution in [1.29, 1.82) is 0 Å². The van der Waals surface area contributed by atoms with E-state index in [0.717, 1.165) is 29.0 Å². The monoisotopic (exact) mass is 567 g/mol. The molecular formula is C30H21N3O5S2. The van der Waals surface area contributed by atoms with Crippen molar-refractivity contribution in [3.63, 3.8) is 0 Å². The minimum atomic E-state index is -0.473. The predicted octanol–water partition coefficient (Wildman–Crippen LogP) is 5.56. The summed E-state index contributed by atoms with van der Waals surface area (Å²) < 4.78 is 13.8. The molecule has 0 fully saturated rings. The second-order valence-electron chi connectivity index (χ2n) is 9.47. The number of hydrogen-bond donors (Lipinski definition) is 0. The maximum absolute atomic E-state index is 13.9. The van der Waals surface area contributed by atoms with Crippen LogP contribution in [0, 0.1) is 10.1 Å². The van der Waals surface area contributed by atoms with Gasteiger partial charge in [-0.3, -0.25) is 19.5 Å². The van der Waals surface area contributed by atoms with Crippen molar-refractivity contribution < 1.29 is 14.1 Å². The molecule has 2 aliphatic rings. The van der Waals surface area contributed by atoms with Crippen molar-refractivity contribution in [2.75, 3.05) is 7.11 Å². The van der Waals surface area contributed by atoms with Crippen LogP contribution in [0.15, 0.2) is 91.9 Å². The number of fused-ring (bicyclic) bond motifs is 3. The molecule has 3 aromatic heterocycles. The molecule has 0 N–H and O–H groups in total. The lowest BCUT2D eigenvalue weighted by Gasteiger charge is -2.30. The van der Waals surface area contributed by atoms with E-state index < -0.39 is 4.92 Å². The number of nitrogens with zero attached hydrogens (tertiary/aromatic N) is 3. The smallest absolute Gasteiger partial charge is 0.273 e. The van der Waals surface area contributed by atoms with Crippen LogP contribution in [0.4, 0.5) is 5.69 Å². The number of furan rings is 1. The highest BCUT2D eigenvalue weighted by Gasteiger charge is 2.33. The third-order valence-corrected chi connectivity index (χ3v) is 9.15. The average Bonchev–Trinajstić information content (AvgIpc) is 3.73. The molecule has 7 rings (SSSR count). The van der Waals surface area contributed by atoms with Crippen LogP contribution in [0.25, 0.3) is 23.1 Å². The van der Waals surface area contributed by atoms with E-state index in [1.54, 1.807) is 35.6 Å². The number of non-ortho nitro benzene ring substituents is 1. The molecule has 40 heavy (non-hydrogen) atoms. The van der Waals surface area contributed by atoms with E-state index in [1.807, 2.05) is 22.1 Å². The molecule has 4 heterocycles. The molecule has 5 aromatic rings. The molecule has 0 unspecified atom stereocenters. The summed E-state index contributed by atoms with van der Waals surface area (Å²) in [4.78, 5) is 31.4. The van der Waals surface area contributed by atoms with Crippen molar-refractivity contribution in [3.8, 4) is 17.1 Å². The quantitative estimate of drug-likeness (QED) is 0.205. The normalized spacial score (nSPS) is 16.2. The number of hydrogen-bond acceptors (Lipinski definition) is 8. The molecule has 0 radical (unpaired) electrons. The van der Waals surface area contributed by atoms with Crippen LogP contribution >= 0.6 is 22.7 Å². The first-order valence-electron chi connectivity index (χ1n) is 12.6. The first-order valence-corrected chi connectivity index (χ1v) is 14.3. The Kier molecular flexibility index (Phi) is 5.87. The minimum absolute atomic E-state index is 0.0703. The third-order valence-electron chi connectivity index (χ3n) is 7.25. The van der Waals surface area contributed by atoms with Crippen LogP contribution in [0.3, 0.4) is 0 Å². The summed E-state index contributed by atoms with van der Waals surface area (Å²) >= 11 is 2.99. The fourth-order valence-electron chi connectivity index (χ4n) is 5.42. The van der Waals surface area contributed by atoms with Crippen molar-refractivity contribution in [2.24, 2.45) is 4.99 Å². The van der Waals surface area contributed by atoms with Crippen LogP contribution in [-0.2, 0) is 6.42 Å². The number of nitro groups is 1. The van der Waals surface area contributed by atoms with Crippen molar-refractivity contribution in [2.45, 2.75) is 18.9 Å². The SMILES string of the molecule is COc1cc([N+](=O)[O-])ccc1-c1ccc(/C=c2/sc3n(c2=O)[C@H](c2cccs2)C2=C(N=3)c3ccccc3CC2)o1. The molecule has 0 bridgehead atoms. The summed E-state index contributed by atoms with van der Waals surface area (Å²) in [7, 11) is 1.45. The van der Waals surface area contributed by atoms with Crippen molar-refractivity contribution >= 4 is 40.1 Å². The summed E-state index contributed by atoms with van der Waals surface area (Å²) in [5, 5.41) is 13.2. The fourth-order valence-corrected chi connectivity index (χ4v) is 7.25. The molecule has 0 saturated carbocycles. The molecular weight excluding hydrogens is 546 g/mol. The highest BCUT2D eigenvalue weighted by atomic mass is 32.1. The van der Waals surface area contributed by atoms with E-state index in [0.29, 0.717) is 32.2 Å². The van der Waals surface area contributed by atoms with E-state index in [4.69, 9.17) is 14.1 Å². The van der Waals surface area contributed by atoms with Gasteiger partial charge in [0.05, 0.1) is 39.9 Å². The largest absolute Gasteiger partial charge is 0.496 e. The number of thiazole rings is 1. The summed E-state index contributed by atoms with van der Waals surface area (Å²) in [6, 6.07) is 20.2. The summed E-state index contributed by atoms with van der Waals surface area (Å²) in [5.74, 6) is 1.30. The summed E-state index contributed by atoms with van der Waals surface area (Å²) in [6.45, 7) is 0. The van der Waals surface area contributed by atoms with Gasteiger partial charge in [0.15, 0.2) is 4.80 Å². The minimum Gasteiger partial charge on any atom is -0.496 e. The van der Waals surface area contributed by atoms with E-state index >= 15 is 0 Å². The second-order valence-corrected chi connectivity index (χ2v) is 11.5. The van der Waals surface area contributed by atoms with Crippen LogP contribution in [-0.4, -0.2) is 16.6 Å². The molecule has 1 aliphatic heterocycles. The Balaban J connectivity index is 1.35. The standard InChI is InChI=1S/C30H21N3O5S2/c1-37-24-15-18(33(35)36)9-12-21(24)23-13-10-19(38-23)16-26-29(34)32-28(25-7-4-14-39-25)22-11-8-17-5-2-3-6-20(17)27(22)31-30(32)40-26/h2-7,9-10,12-16,28H,8,11H2,1H3/b26-16+/t28-/m0/s1. The van der Waals surface area contributed by atoms with Gasteiger partial charge in [-0.1, -0.05) is 41.7 Å². The molecule has 0 spiro atoms. The van der Waals surface area contributed by atoms with E-state index in [9.17, 15) is 14.9 Å². The molecule has 2 aromatic carbocycles. The molecule has 0 amide bonds. The van der Waals surface area contributed by atoms with Crippen LogP contribution in [0.1, 0.15) is 34.2 Å². The predicted molar refractivity (Wildman–Crippen MR) is 154 cm³/mol. The molecule has 1 atom stereocenters. The Morgan fingerprint density at radius 3 is 2.77 bits per heavy atom. The maximum Gasteiger partial charge on any atom is 0.273 e. The number of allylic oxidation sites excluding steroid dienone is 1. The van der Waals surface area contributed by atoms with Gasteiger partial charge in [-0.05, 0) is 53.6 Å². The van der Waals surface area contributed by atoms with Gasteiger partial charge in [-0.15, -0.1) is 11.3 Å². The van der Waals surface area contributed by atoms with Gasteiger partial charge in [0, 0.05) is 22.6 Å². The number of aryl methyl sites for hydroxylation is 1. The maximum atomic E-state index is 13.9. The lowest BCUT2D eigenvalue weighted by molar-refractivity contribution is -0.384. The lowest BCUT2D eigenvalue weighted by Crippen LogP contribution is -2.38. The van der Waals surface area contributed by atoms with Gasteiger partial charge in [-0.2, -0.15) is 0 Å². The van der Waals surface area contributed by atoms with Gasteiger partial charge < -0.3 is 9.15 Å². The third kappa shape index (κ3) is 3.95. The number of nitro benzene ring substituents is 1. The van der Waals surface area contributed by atoms with Crippen molar-refractivity contribution in [3.05, 3.63) is 129 Å². The highest BCUT2D eigenvalue weighted by molar-refractivity contribution is 7.10. The molecule has 198 valence electrons. The molecule has 0 saturated heterocycles. The second kappa shape index (κ2) is 9.58. The van der Waals surface area contributed by atoms with Gasteiger partial charge in [0.2, 0.25) is 0 Å². The summed E-state index contributed by atoms with van der Waals surface area (Å²) in [5.41, 5.74) is 4.95. The zero-order chi connectivity index (χ0) is 27.4. The lowest BCUT2D eigenvalue weighted by atomic mass is 9.85. The van der Waals surface area contributed by atoms with E-state index in [2.05, 4.69) is 24.3 Å². The zero-order valence-corrected chi connectivity index (χ0v) is 22.8. The Labute approximate surface area is 235 Å². The van der Waals surface area contributed by atoms with Crippen LogP contribution in [0.2, 0.25) is 0 Å². The average molecular weight is 568 g/mol. The Morgan fingerprint density at radius 1 is 1.10 bits per heavy atom. The number of methoxy groups -OCH3 is 1. The Bertz CT molecular complexity index is 2010. The van der Waals surface area contributed by atoms with E-state index in [1.165, 1.54) is 41.7 Å². The van der Waals surface area contributed by atoms with Gasteiger partial charge >= 0.3 is 0 Å². The van der Waals surface area contributed by atoms with Gasteiger partial charge in [0.1, 0.15) is 17.3 Å². The van der Waals surface area contributed by atoms with Crippen LogP contribution in [0.5, 0.6) is 5.75 Å². The zero-order valence-electron chi connectivity index (χ0n) is 21.2. The molecule has 10 heteroatoms.